The molecule has 0 amide bonds. The van der Waals surface area contributed by atoms with E-state index < -0.39 is 11.9 Å². The maximum atomic E-state index is 11.0. The molecule has 44 heavy (non-hydrogen) atoms. The van der Waals surface area contributed by atoms with Gasteiger partial charge in [0.05, 0.1) is 22.5 Å². The zero-order valence-corrected chi connectivity index (χ0v) is 23.6. The van der Waals surface area contributed by atoms with E-state index in [0.29, 0.717) is 11.4 Å². The highest BCUT2D eigenvalue weighted by Gasteiger charge is 2.09. The summed E-state index contributed by atoms with van der Waals surface area (Å²) >= 11 is 0. The van der Waals surface area contributed by atoms with Gasteiger partial charge in [-0.2, -0.15) is 0 Å². The van der Waals surface area contributed by atoms with Gasteiger partial charge in [0.1, 0.15) is 0 Å². The number of hydrogen-bond acceptors (Lipinski definition) is 6. The first-order valence-electron chi connectivity index (χ1n) is 13.6. The Balaban J connectivity index is 0.000000152. The first-order valence-corrected chi connectivity index (χ1v) is 13.6. The summed E-state index contributed by atoms with van der Waals surface area (Å²) in [6.07, 6.45) is 7.15. The molecule has 0 aliphatic heterocycles. The van der Waals surface area contributed by atoms with Crippen LogP contribution < -0.4 is 10.6 Å². The molecule has 2 heterocycles. The third kappa shape index (κ3) is 9.39. The van der Waals surface area contributed by atoms with Gasteiger partial charge in [-0.05, 0) is 83.9 Å². The van der Waals surface area contributed by atoms with Crippen LogP contribution in [0.1, 0.15) is 20.7 Å². The second-order valence-electron chi connectivity index (χ2n) is 9.16. The minimum atomic E-state index is -0.931. The number of carboxylic acids is 2. The van der Waals surface area contributed by atoms with Gasteiger partial charge in [-0.15, -0.1) is 0 Å². The summed E-state index contributed by atoms with van der Waals surface area (Å²) < 4.78 is 0. The molecule has 2 aromatic heterocycles. The van der Waals surface area contributed by atoms with Crippen molar-refractivity contribution in [2.75, 3.05) is 10.6 Å². The Bertz CT molecular complexity index is 1620. The molecule has 8 heteroatoms. The van der Waals surface area contributed by atoms with Crippen molar-refractivity contribution in [1.29, 1.82) is 0 Å². The molecule has 0 unspecified atom stereocenters. The van der Waals surface area contributed by atoms with Crippen LogP contribution in [0.4, 0.5) is 22.7 Å². The highest BCUT2D eigenvalue weighted by Crippen LogP contribution is 2.21. The monoisotopic (exact) mass is 582 g/mol. The first kappa shape index (κ1) is 30.7. The molecule has 0 spiro atoms. The second kappa shape index (κ2) is 16.2. The Morgan fingerprint density at radius 3 is 1.09 bits per heavy atom. The number of aromatic nitrogens is 2. The number of hydrogen-bond donors (Lipinski definition) is 4. The van der Waals surface area contributed by atoms with Crippen LogP contribution in [0, 0.1) is 0 Å². The van der Waals surface area contributed by atoms with Crippen LogP contribution in [0.15, 0.2) is 158 Å². The van der Waals surface area contributed by atoms with Crippen molar-refractivity contribution in [2.45, 2.75) is 0 Å². The van der Waals surface area contributed by atoms with Gasteiger partial charge in [0.15, 0.2) is 0 Å². The highest BCUT2D eigenvalue weighted by molar-refractivity contribution is 5.95. The van der Waals surface area contributed by atoms with Crippen LogP contribution in [-0.4, -0.2) is 32.1 Å². The number of rotatable bonds is 7. The van der Waals surface area contributed by atoms with Gasteiger partial charge in [-0.1, -0.05) is 60.7 Å². The fourth-order valence-corrected chi connectivity index (χ4v) is 4.00. The second-order valence-corrected chi connectivity index (χ2v) is 9.16. The maximum Gasteiger partial charge on any atom is 0.337 e. The third-order valence-corrected chi connectivity index (χ3v) is 6.11. The van der Waals surface area contributed by atoms with E-state index in [1.807, 2.05) is 84.9 Å². The molecule has 6 aromatic rings. The number of carboxylic acid groups (broad SMARTS) is 2. The molecule has 0 bridgehead atoms. The van der Waals surface area contributed by atoms with Crippen LogP contribution in [0.2, 0.25) is 0 Å². The van der Waals surface area contributed by atoms with Crippen molar-refractivity contribution in [3.8, 4) is 11.1 Å². The predicted molar refractivity (Wildman–Crippen MR) is 174 cm³/mol. The highest BCUT2D eigenvalue weighted by atomic mass is 16.4. The predicted octanol–water partition coefficient (Wildman–Crippen LogP) is 8.40. The SMILES string of the molecule is O=C(O)c1ccccc1Nc1ccccc1.O=C(O)c1ccccc1Nc1ccccc1.c1cc(-c2ccncc2)ccn1. The molecular formula is C36H30N4O4. The number of carbonyl (C=O) groups is 2. The van der Waals surface area contributed by atoms with Crippen molar-refractivity contribution in [3.63, 3.8) is 0 Å². The lowest BCUT2D eigenvalue weighted by Crippen LogP contribution is -2.01. The molecule has 0 atom stereocenters. The van der Waals surface area contributed by atoms with Gasteiger partial charge >= 0.3 is 11.9 Å². The summed E-state index contributed by atoms with van der Waals surface area (Å²) in [7, 11) is 0. The molecule has 0 saturated carbocycles. The van der Waals surface area contributed by atoms with Crippen molar-refractivity contribution in [2.24, 2.45) is 0 Å². The Morgan fingerprint density at radius 2 is 0.750 bits per heavy atom. The van der Waals surface area contributed by atoms with Crippen molar-refractivity contribution < 1.29 is 19.8 Å². The van der Waals surface area contributed by atoms with Gasteiger partial charge in [-0.25, -0.2) is 9.59 Å². The quantitative estimate of drug-likeness (QED) is 0.148. The fourth-order valence-electron chi connectivity index (χ4n) is 4.00. The van der Waals surface area contributed by atoms with Crippen LogP contribution in [0.5, 0.6) is 0 Å². The van der Waals surface area contributed by atoms with E-state index in [2.05, 4.69) is 20.6 Å². The van der Waals surface area contributed by atoms with Gasteiger partial charge in [-0.3, -0.25) is 9.97 Å². The van der Waals surface area contributed by atoms with E-state index in [4.69, 9.17) is 10.2 Å². The summed E-state index contributed by atoms with van der Waals surface area (Å²) in [5, 5.41) is 24.2. The molecule has 0 radical (unpaired) electrons. The third-order valence-electron chi connectivity index (χ3n) is 6.11. The number of anilines is 4. The minimum Gasteiger partial charge on any atom is -0.478 e. The fraction of sp³-hybridized carbons (Fsp3) is 0. The first-order chi connectivity index (χ1) is 21.5. The summed E-state index contributed by atoms with van der Waals surface area (Å²) in [5.74, 6) is -1.86. The number of para-hydroxylation sites is 4. The summed E-state index contributed by atoms with van der Waals surface area (Å²) in [5.41, 5.74) is 5.83. The minimum absolute atomic E-state index is 0.270. The lowest BCUT2D eigenvalue weighted by atomic mass is 10.1. The van der Waals surface area contributed by atoms with Gasteiger partial charge in [0, 0.05) is 36.2 Å². The zero-order valence-electron chi connectivity index (χ0n) is 23.6. The number of nitrogens with one attached hydrogen (secondary N) is 2. The Labute approximate surface area is 255 Å². The van der Waals surface area contributed by atoms with E-state index in [-0.39, 0.29) is 11.1 Å². The van der Waals surface area contributed by atoms with Crippen LogP contribution in [0.25, 0.3) is 11.1 Å². The van der Waals surface area contributed by atoms with Crippen molar-refractivity contribution >= 4 is 34.7 Å². The normalized spacial score (nSPS) is 9.73. The maximum absolute atomic E-state index is 11.0. The largest absolute Gasteiger partial charge is 0.478 e. The molecule has 0 aliphatic rings. The van der Waals surface area contributed by atoms with Crippen molar-refractivity contribution in [3.05, 3.63) is 169 Å². The van der Waals surface area contributed by atoms with E-state index in [0.717, 1.165) is 11.4 Å². The number of benzene rings is 4. The summed E-state index contributed by atoms with van der Waals surface area (Å²) in [6, 6.07) is 40.5. The van der Waals surface area contributed by atoms with Crippen LogP contribution in [0.3, 0.4) is 0 Å². The molecule has 0 fully saturated rings. The Kier molecular flexibility index (Phi) is 11.3. The van der Waals surface area contributed by atoms with E-state index in [1.54, 1.807) is 73.3 Å². The van der Waals surface area contributed by atoms with E-state index >= 15 is 0 Å². The van der Waals surface area contributed by atoms with Gasteiger partial charge in [0.2, 0.25) is 0 Å². The topological polar surface area (TPSA) is 124 Å². The molecule has 6 rings (SSSR count). The Hall–Kier alpha value is -6.28. The molecule has 0 aliphatic carbocycles. The number of aromatic carboxylic acids is 2. The van der Waals surface area contributed by atoms with Crippen LogP contribution >= 0.6 is 0 Å². The Morgan fingerprint density at radius 1 is 0.432 bits per heavy atom. The molecule has 218 valence electrons. The van der Waals surface area contributed by atoms with E-state index in [1.165, 1.54) is 11.1 Å². The average molecular weight is 583 g/mol. The zero-order chi connectivity index (χ0) is 31.0. The summed E-state index contributed by atoms with van der Waals surface area (Å²) in [4.78, 5) is 29.9. The van der Waals surface area contributed by atoms with Crippen molar-refractivity contribution in [1.82, 2.24) is 9.97 Å². The molecule has 4 aromatic carbocycles. The van der Waals surface area contributed by atoms with Gasteiger partial charge < -0.3 is 20.8 Å². The summed E-state index contributed by atoms with van der Waals surface area (Å²) in [6.45, 7) is 0. The molecule has 0 saturated heterocycles. The van der Waals surface area contributed by atoms with Gasteiger partial charge in [0.25, 0.3) is 0 Å². The smallest absolute Gasteiger partial charge is 0.337 e. The lowest BCUT2D eigenvalue weighted by Gasteiger charge is -2.08. The van der Waals surface area contributed by atoms with E-state index in [9.17, 15) is 9.59 Å². The lowest BCUT2D eigenvalue weighted by molar-refractivity contribution is 0.0687. The average Bonchev–Trinajstić information content (AvgIpc) is 3.07. The van der Waals surface area contributed by atoms with Crippen LogP contribution in [-0.2, 0) is 0 Å². The number of pyridine rings is 2. The molecule has 8 nitrogen and oxygen atoms in total. The standard InChI is InChI=1S/2C13H11NO2.C10H8N2/c2*15-13(16)11-8-4-5-9-12(11)14-10-6-2-1-3-7-10;1-5-11-6-2-9(1)10-3-7-12-8-4-10/h2*1-9,14H,(H,15,16);1-8H. The molecular weight excluding hydrogens is 552 g/mol. The molecule has 4 N–H and O–H groups in total. The number of nitrogens with zero attached hydrogens (tertiary/aromatic N) is 2.